The minimum atomic E-state index is 0.497. The predicted octanol–water partition coefficient (Wildman–Crippen LogP) is 1.77. The van der Waals surface area contributed by atoms with E-state index in [9.17, 15) is 0 Å². The summed E-state index contributed by atoms with van der Waals surface area (Å²) in [5, 5.41) is 0. The Bertz CT molecular complexity index is 237. The molecule has 2 aliphatic heterocycles. The van der Waals surface area contributed by atoms with E-state index in [4.69, 9.17) is 10.7 Å². The Labute approximate surface area is 92.7 Å². The van der Waals surface area contributed by atoms with Gasteiger partial charge < -0.3 is 5.73 Å². The van der Waals surface area contributed by atoms with E-state index in [0.717, 1.165) is 18.7 Å². The number of fused-ring (bicyclic) bond motifs is 1. The van der Waals surface area contributed by atoms with Gasteiger partial charge in [-0.15, -0.1) is 0 Å². The molecule has 0 bridgehead atoms. The summed E-state index contributed by atoms with van der Waals surface area (Å²) in [6, 6.07) is 1.20. The minimum Gasteiger partial charge on any atom is -0.387 e. The van der Waals surface area contributed by atoms with E-state index in [1.165, 1.54) is 38.8 Å². The van der Waals surface area contributed by atoms with Crippen LogP contribution in [0, 0.1) is 0 Å². The second kappa shape index (κ2) is 4.97. The van der Waals surface area contributed by atoms with Crippen LogP contribution in [-0.2, 0) is 0 Å². The fraction of sp³-hybridized carbons (Fsp3) is 0.917. The van der Waals surface area contributed by atoms with Crippen molar-refractivity contribution in [3.63, 3.8) is 0 Å². The number of rotatable bonds is 3. The van der Waals surface area contributed by atoms with E-state index < -0.39 is 0 Å². The van der Waals surface area contributed by atoms with Crippen LogP contribution in [0.15, 0.2) is 4.99 Å². The molecule has 3 heteroatoms. The maximum absolute atomic E-state index is 5.92. The molecule has 0 aromatic heterocycles. The molecule has 2 fully saturated rings. The molecule has 2 heterocycles. The zero-order valence-electron chi connectivity index (χ0n) is 9.78. The lowest BCUT2D eigenvalue weighted by Gasteiger charge is -2.31. The highest BCUT2D eigenvalue weighted by molar-refractivity contribution is 5.80. The van der Waals surface area contributed by atoms with Gasteiger partial charge in [-0.2, -0.15) is 0 Å². The average molecular weight is 209 g/mol. The fourth-order valence-corrected chi connectivity index (χ4v) is 2.90. The lowest BCUT2D eigenvalue weighted by molar-refractivity contribution is 0.190. The van der Waals surface area contributed by atoms with Gasteiger partial charge in [-0.3, -0.25) is 9.89 Å². The molecule has 86 valence electrons. The molecule has 0 aromatic rings. The maximum atomic E-state index is 5.92. The van der Waals surface area contributed by atoms with Crippen LogP contribution in [0.5, 0.6) is 0 Å². The smallest absolute Gasteiger partial charge is 0.0941 e. The molecule has 3 nitrogen and oxygen atoms in total. The molecule has 2 saturated heterocycles. The number of aliphatic imine (C=N–C) groups is 1. The van der Waals surface area contributed by atoms with E-state index in [0.29, 0.717) is 12.1 Å². The van der Waals surface area contributed by atoms with Crippen LogP contribution in [0.1, 0.15) is 45.4 Å². The lowest BCUT2D eigenvalue weighted by Crippen LogP contribution is -2.39. The van der Waals surface area contributed by atoms with Crippen LogP contribution >= 0.6 is 0 Å². The van der Waals surface area contributed by atoms with Crippen molar-refractivity contribution in [3.05, 3.63) is 0 Å². The number of piperidine rings is 1. The number of hydrogen-bond acceptors (Lipinski definition) is 2. The van der Waals surface area contributed by atoms with Gasteiger partial charge in [-0.25, -0.2) is 0 Å². The van der Waals surface area contributed by atoms with E-state index in [-0.39, 0.29) is 0 Å². The Morgan fingerprint density at radius 1 is 1.33 bits per heavy atom. The Balaban J connectivity index is 1.95. The molecule has 0 aromatic carbocycles. The SMILES string of the molecule is CCCC(N)=NC1CCN2CCCCC12. The summed E-state index contributed by atoms with van der Waals surface area (Å²) >= 11 is 0. The topological polar surface area (TPSA) is 41.6 Å². The Hall–Kier alpha value is -0.570. The Morgan fingerprint density at radius 2 is 2.20 bits per heavy atom. The van der Waals surface area contributed by atoms with Gasteiger partial charge in [0.1, 0.15) is 0 Å². The highest BCUT2D eigenvalue weighted by Crippen LogP contribution is 2.29. The average Bonchev–Trinajstić information content (AvgIpc) is 2.62. The monoisotopic (exact) mass is 209 g/mol. The highest BCUT2D eigenvalue weighted by Gasteiger charge is 2.35. The summed E-state index contributed by atoms with van der Waals surface area (Å²) in [7, 11) is 0. The van der Waals surface area contributed by atoms with Crippen LogP contribution in [0.3, 0.4) is 0 Å². The van der Waals surface area contributed by atoms with E-state index in [1.807, 2.05) is 0 Å². The molecule has 2 N–H and O–H groups in total. The van der Waals surface area contributed by atoms with Gasteiger partial charge in [0, 0.05) is 19.0 Å². The minimum absolute atomic E-state index is 0.497. The standard InChI is InChI=1S/C12H23N3/c1-2-5-12(13)14-10-7-9-15-8-4-3-6-11(10)15/h10-11H,2-9H2,1H3,(H2,13,14). The van der Waals surface area contributed by atoms with Gasteiger partial charge in [-0.05, 0) is 32.2 Å². The van der Waals surface area contributed by atoms with Crippen molar-refractivity contribution in [3.8, 4) is 0 Å². The second-order valence-corrected chi connectivity index (χ2v) is 4.83. The summed E-state index contributed by atoms with van der Waals surface area (Å²) in [6.07, 6.45) is 7.36. The van der Waals surface area contributed by atoms with Gasteiger partial charge in [0.2, 0.25) is 0 Å². The van der Waals surface area contributed by atoms with E-state index in [1.54, 1.807) is 0 Å². The van der Waals surface area contributed by atoms with Crippen molar-refractivity contribution in [1.82, 2.24) is 4.90 Å². The van der Waals surface area contributed by atoms with E-state index >= 15 is 0 Å². The molecule has 2 unspecified atom stereocenters. The van der Waals surface area contributed by atoms with Crippen molar-refractivity contribution in [2.75, 3.05) is 13.1 Å². The first-order valence-corrected chi connectivity index (χ1v) is 6.37. The zero-order chi connectivity index (χ0) is 10.7. The van der Waals surface area contributed by atoms with Crippen LogP contribution in [-0.4, -0.2) is 35.9 Å². The Kier molecular flexibility index (Phi) is 3.62. The van der Waals surface area contributed by atoms with Crippen molar-refractivity contribution in [1.29, 1.82) is 0 Å². The highest BCUT2D eigenvalue weighted by atomic mass is 15.2. The first-order chi connectivity index (χ1) is 7.31. The van der Waals surface area contributed by atoms with Crippen LogP contribution < -0.4 is 5.73 Å². The molecule has 0 saturated carbocycles. The normalized spacial score (nSPS) is 33.0. The first kappa shape index (κ1) is 10.9. The maximum Gasteiger partial charge on any atom is 0.0941 e. The Morgan fingerprint density at radius 3 is 3.00 bits per heavy atom. The quantitative estimate of drug-likeness (QED) is 0.568. The lowest BCUT2D eigenvalue weighted by atomic mass is 9.99. The molecule has 2 rings (SSSR count). The molecular formula is C12H23N3. The summed E-state index contributed by atoms with van der Waals surface area (Å²) in [4.78, 5) is 7.31. The van der Waals surface area contributed by atoms with Crippen molar-refractivity contribution in [2.24, 2.45) is 10.7 Å². The first-order valence-electron chi connectivity index (χ1n) is 6.37. The largest absolute Gasteiger partial charge is 0.387 e. The van der Waals surface area contributed by atoms with E-state index in [2.05, 4.69) is 11.8 Å². The number of nitrogens with zero attached hydrogens (tertiary/aromatic N) is 2. The molecule has 0 amide bonds. The van der Waals surface area contributed by atoms with Crippen LogP contribution in [0.4, 0.5) is 0 Å². The van der Waals surface area contributed by atoms with Crippen molar-refractivity contribution >= 4 is 5.84 Å². The van der Waals surface area contributed by atoms with Crippen LogP contribution in [0.2, 0.25) is 0 Å². The summed E-state index contributed by atoms with van der Waals surface area (Å²) in [6.45, 7) is 4.67. The third-order valence-electron chi connectivity index (χ3n) is 3.66. The van der Waals surface area contributed by atoms with Gasteiger partial charge >= 0.3 is 0 Å². The molecular weight excluding hydrogens is 186 g/mol. The van der Waals surface area contributed by atoms with Crippen molar-refractivity contribution in [2.45, 2.75) is 57.5 Å². The van der Waals surface area contributed by atoms with Gasteiger partial charge in [-0.1, -0.05) is 13.3 Å². The summed E-state index contributed by atoms with van der Waals surface area (Å²) < 4.78 is 0. The molecule has 0 radical (unpaired) electrons. The third kappa shape index (κ3) is 2.51. The summed E-state index contributed by atoms with van der Waals surface area (Å²) in [5.74, 6) is 0.870. The van der Waals surface area contributed by atoms with Gasteiger partial charge in [0.15, 0.2) is 0 Å². The van der Waals surface area contributed by atoms with Gasteiger partial charge in [0.25, 0.3) is 0 Å². The summed E-state index contributed by atoms with van der Waals surface area (Å²) in [5.41, 5.74) is 5.92. The van der Waals surface area contributed by atoms with Crippen LogP contribution in [0.25, 0.3) is 0 Å². The zero-order valence-corrected chi connectivity index (χ0v) is 9.78. The molecule has 2 atom stereocenters. The molecule has 0 aliphatic carbocycles. The molecule has 2 aliphatic rings. The third-order valence-corrected chi connectivity index (χ3v) is 3.66. The predicted molar refractivity (Wildman–Crippen MR) is 64.1 cm³/mol. The van der Waals surface area contributed by atoms with Gasteiger partial charge in [0.05, 0.1) is 11.9 Å². The number of nitrogens with two attached hydrogens (primary N) is 1. The number of hydrogen-bond donors (Lipinski definition) is 1. The number of amidine groups is 1. The second-order valence-electron chi connectivity index (χ2n) is 4.83. The van der Waals surface area contributed by atoms with Crippen molar-refractivity contribution < 1.29 is 0 Å². The fourth-order valence-electron chi connectivity index (χ4n) is 2.90. The molecule has 0 spiro atoms. The molecule has 15 heavy (non-hydrogen) atoms.